The van der Waals surface area contributed by atoms with Crippen LogP contribution in [0.1, 0.15) is 32.6 Å². The van der Waals surface area contributed by atoms with Gasteiger partial charge in [0.15, 0.2) is 0 Å². The van der Waals surface area contributed by atoms with Gasteiger partial charge in [-0.3, -0.25) is 4.79 Å². The highest BCUT2D eigenvalue weighted by Gasteiger charge is 2.28. The summed E-state index contributed by atoms with van der Waals surface area (Å²) in [4.78, 5) is 11.2. The molecule has 90 valence electrons. The fourth-order valence-corrected chi connectivity index (χ4v) is 0.935. The van der Waals surface area contributed by atoms with Crippen LogP contribution in [0.15, 0.2) is 0 Å². The number of esters is 1. The van der Waals surface area contributed by atoms with Crippen molar-refractivity contribution in [3.63, 3.8) is 0 Å². The van der Waals surface area contributed by atoms with Gasteiger partial charge in [0.2, 0.25) is 0 Å². The largest absolute Gasteiger partial charge is 0.407 e. The Morgan fingerprint density at radius 1 is 1.47 bits per heavy atom. The quantitative estimate of drug-likeness (QED) is 0.249. The molecule has 0 unspecified atom stereocenters. The Morgan fingerprint density at radius 3 is 2.53 bits per heavy atom. The average molecular weight is 220 g/mol. The Morgan fingerprint density at radius 2 is 2.07 bits per heavy atom. The number of ether oxygens (including phenoxy) is 1. The molecule has 0 aliphatic carbocycles. The Labute approximate surface area is 89.2 Å². The van der Waals surface area contributed by atoms with E-state index in [0.717, 1.165) is 6.42 Å². The Balaban J connectivity index is 3.88. The van der Waals surface area contributed by atoms with Gasteiger partial charge in [-0.15, -0.1) is 0 Å². The van der Waals surface area contributed by atoms with Crippen LogP contribution < -0.4 is 11.5 Å². The van der Waals surface area contributed by atoms with Crippen molar-refractivity contribution in [1.29, 1.82) is 0 Å². The summed E-state index contributed by atoms with van der Waals surface area (Å²) >= 11 is 0. The lowest BCUT2D eigenvalue weighted by Crippen LogP contribution is -2.41. The molecule has 0 saturated carbocycles. The van der Waals surface area contributed by atoms with Crippen molar-refractivity contribution in [3.8, 4) is 0 Å². The predicted octanol–water partition coefficient (Wildman–Crippen LogP) is -0.966. The van der Waals surface area contributed by atoms with Crippen LogP contribution in [0.4, 0.5) is 0 Å². The molecule has 0 aliphatic rings. The molecule has 0 aromatic rings. The number of hydrogen-bond donors (Lipinski definition) is 4. The zero-order chi connectivity index (χ0) is 11.9. The summed E-state index contributed by atoms with van der Waals surface area (Å²) in [5.74, 6) is -3.22. The minimum Gasteiger partial charge on any atom is -0.407 e. The molecule has 0 spiro atoms. The topological polar surface area (TPSA) is 119 Å². The number of aliphatic hydroxyl groups is 2. The van der Waals surface area contributed by atoms with Crippen LogP contribution in [0.25, 0.3) is 0 Å². The summed E-state index contributed by atoms with van der Waals surface area (Å²) in [6.07, 6.45) is 1.81. The summed E-state index contributed by atoms with van der Waals surface area (Å²) in [6, 6.07) is -0.832. The number of rotatable bonds is 7. The number of hydrogen-bond acceptors (Lipinski definition) is 6. The van der Waals surface area contributed by atoms with Crippen molar-refractivity contribution >= 4 is 5.97 Å². The molecule has 0 aliphatic heterocycles. The van der Waals surface area contributed by atoms with E-state index in [2.05, 4.69) is 4.74 Å². The molecule has 15 heavy (non-hydrogen) atoms. The van der Waals surface area contributed by atoms with Crippen molar-refractivity contribution in [1.82, 2.24) is 0 Å². The molecule has 0 saturated heterocycles. The summed E-state index contributed by atoms with van der Waals surface area (Å²) in [6.45, 7) is 2.02. The van der Waals surface area contributed by atoms with E-state index in [9.17, 15) is 4.79 Å². The van der Waals surface area contributed by atoms with Crippen molar-refractivity contribution in [2.75, 3.05) is 6.54 Å². The third-order valence-electron chi connectivity index (χ3n) is 2.00. The lowest BCUT2D eigenvalue weighted by Gasteiger charge is -2.21. The number of carbonyl (C=O) groups is 1. The molecule has 0 fully saturated rings. The summed E-state index contributed by atoms with van der Waals surface area (Å²) in [5, 5.41) is 18.1. The highest BCUT2D eigenvalue weighted by Crippen LogP contribution is 2.09. The van der Waals surface area contributed by atoms with Crippen molar-refractivity contribution in [2.45, 2.75) is 44.6 Å². The minimum atomic E-state index is -2.41. The molecule has 6 N–H and O–H groups in total. The predicted molar refractivity (Wildman–Crippen MR) is 54.4 cm³/mol. The van der Waals surface area contributed by atoms with E-state index < -0.39 is 18.0 Å². The number of nitrogens with two attached hydrogens (primary N) is 2. The monoisotopic (exact) mass is 220 g/mol. The molecule has 0 aromatic heterocycles. The van der Waals surface area contributed by atoms with E-state index in [1.165, 1.54) is 6.92 Å². The molecule has 0 bridgehead atoms. The van der Waals surface area contributed by atoms with Crippen LogP contribution in [0, 0.1) is 0 Å². The van der Waals surface area contributed by atoms with Gasteiger partial charge in [0.1, 0.15) is 6.04 Å². The second-order valence-electron chi connectivity index (χ2n) is 3.41. The second-order valence-corrected chi connectivity index (χ2v) is 3.41. The third-order valence-corrected chi connectivity index (χ3v) is 2.00. The van der Waals surface area contributed by atoms with E-state index in [1.807, 2.05) is 0 Å². The molecular weight excluding hydrogens is 200 g/mol. The lowest BCUT2D eigenvalue weighted by atomic mass is 10.1. The molecule has 1 atom stereocenters. The minimum absolute atomic E-state index is 0.103. The molecule has 6 nitrogen and oxygen atoms in total. The first-order chi connectivity index (χ1) is 6.93. The van der Waals surface area contributed by atoms with E-state index >= 15 is 0 Å². The van der Waals surface area contributed by atoms with Crippen LogP contribution in [-0.2, 0) is 9.53 Å². The van der Waals surface area contributed by atoms with Gasteiger partial charge in [-0.2, -0.15) is 0 Å². The first-order valence-corrected chi connectivity index (χ1v) is 5.06. The van der Waals surface area contributed by atoms with Gasteiger partial charge in [0, 0.05) is 6.42 Å². The fourth-order valence-electron chi connectivity index (χ4n) is 0.935. The maximum atomic E-state index is 11.2. The number of unbranched alkanes of at least 4 members (excludes halogenated alkanes) is 1. The highest BCUT2D eigenvalue weighted by molar-refractivity contribution is 5.75. The van der Waals surface area contributed by atoms with Gasteiger partial charge < -0.3 is 26.4 Å². The van der Waals surface area contributed by atoms with Crippen LogP contribution in [0.2, 0.25) is 0 Å². The van der Waals surface area contributed by atoms with Gasteiger partial charge in [-0.1, -0.05) is 13.3 Å². The molecule has 0 rings (SSSR count). The molecule has 0 aromatic carbocycles. The molecular formula is C9H20N2O4. The standard InChI is InChI=1S/C9H20N2O4/c1-2-9(13,14)15-8(12)7(11)5-3-4-6-10/h7,13-14H,2-6,10-11H2,1H3/t7-/m0/s1. The van der Waals surface area contributed by atoms with E-state index in [1.54, 1.807) is 0 Å². The van der Waals surface area contributed by atoms with Gasteiger partial charge in [-0.05, 0) is 19.4 Å². The molecule has 0 radical (unpaired) electrons. The normalized spacial score (nSPS) is 13.7. The van der Waals surface area contributed by atoms with Crippen molar-refractivity contribution < 1.29 is 19.7 Å². The lowest BCUT2D eigenvalue weighted by molar-refractivity contribution is -0.320. The smallest absolute Gasteiger partial charge is 0.327 e. The van der Waals surface area contributed by atoms with Gasteiger partial charge in [-0.25, -0.2) is 0 Å². The second kappa shape index (κ2) is 6.73. The molecule has 0 heterocycles. The van der Waals surface area contributed by atoms with E-state index in [0.29, 0.717) is 19.4 Å². The Kier molecular flexibility index (Phi) is 6.42. The van der Waals surface area contributed by atoms with Crippen LogP contribution in [0.5, 0.6) is 0 Å². The van der Waals surface area contributed by atoms with Crippen molar-refractivity contribution in [3.05, 3.63) is 0 Å². The van der Waals surface area contributed by atoms with Crippen LogP contribution in [-0.4, -0.2) is 34.7 Å². The Hall–Kier alpha value is -0.690. The van der Waals surface area contributed by atoms with E-state index in [-0.39, 0.29) is 6.42 Å². The highest BCUT2D eigenvalue weighted by atomic mass is 16.8. The van der Waals surface area contributed by atoms with E-state index in [4.69, 9.17) is 21.7 Å². The third kappa shape index (κ3) is 6.40. The van der Waals surface area contributed by atoms with Crippen molar-refractivity contribution in [2.24, 2.45) is 11.5 Å². The SMILES string of the molecule is CCC(O)(O)OC(=O)[C@@H](N)CCCCN. The molecule has 6 heteroatoms. The maximum Gasteiger partial charge on any atom is 0.327 e. The van der Waals surface area contributed by atoms with Gasteiger partial charge in [0.05, 0.1) is 0 Å². The zero-order valence-corrected chi connectivity index (χ0v) is 8.98. The summed E-state index contributed by atoms with van der Waals surface area (Å²) < 4.78 is 4.40. The summed E-state index contributed by atoms with van der Waals surface area (Å²) in [5.41, 5.74) is 10.8. The maximum absolute atomic E-state index is 11.2. The van der Waals surface area contributed by atoms with Gasteiger partial charge >= 0.3 is 11.9 Å². The first kappa shape index (κ1) is 14.3. The molecule has 0 amide bonds. The average Bonchev–Trinajstić information content (AvgIpc) is 2.17. The van der Waals surface area contributed by atoms with Gasteiger partial charge in [0.25, 0.3) is 0 Å². The van der Waals surface area contributed by atoms with Crippen LogP contribution in [0.3, 0.4) is 0 Å². The fraction of sp³-hybridized carbons (Fsp3) is 0.889. The number of carbonyl (C=O) groups excluding carboxylic acids is 1. The zero-order valence-electron chi connectivity index (χ0n) is 8.98. The Bertz CT molecular complexity index is 197. The first-order valence-electron chi connectivity index (χ1n) is 5.06. The van der Waals surface area contributed by atoms with Crippen LogP contribution >= 0.6 is 0 Å². The summed E-state index contributed by atoms with van der Waals surface area (Å²) in [7, 11) is 0.